The molecule has 1 amide bonds. The number of hydrogen-bond acceptors (Lipinski definition) is 3. The number of amides is 1. The predicted octanol–water partition coefficient (Wildman–Crippen LogP) is 2.01. The summed E-state index contributed by atoms with van der Waals surface area (Å²) >= 11 is 0. The van der Waals surface area contributed by atoms with E-state index in [1.54, 1.807) is 0 Å². The summed E-state index contributed by atoms with van der Waals surface area (Å²) in [6, 6.07) is 0.362. The Morgan fingerprint density at radius 2 is 1.85 bits per heavy atom. The Morgan fingerprint density at radius 3 is 2.30 bits per heavy atom. The molecule has 1 heterocycles. The van der Waals surface area contributed by atoms with Gasteiger partial charge in [-0.15, -0.1) is 0 Å². The van der Waals surface area contributed by atoms with Gasteiger partial charge in [-0.3, -0.25) is 14.5 Å². The van der Waals surface area contributed by atoms with E-state index >= 15 is 0 Å². The lowest BCUT2D eigenvalue weighted by Crippen LogP contribution is -2.51. The third-order valence-electron chi connectivity index (χ3n) is 4.25. The van der Waals surface area contributed by atoms with E-state index in [9.17, 15) is 9.59 Å². The standard InChI is InChI=1S/C15H28N2O3/c1-5-6-13(9-14(18)19)16-15(20)12(4)17-10(2)7-8-11(17)3/h10-13H,5-9H2,1-4H3,(H,16,20)(H,18,19). The van der Waals surface area contributed by atoms with Gasteiger partial charge in [-0.2, -0.15) is 0 Å². The molecule has 0 spiro atoms. The molecule has 116 valence electrons. The van der Waals surface area contributed by atoms with Crippen LogP contribution in [-0.4, -0.2) is 46.1 Å². The van der Waals surface area contributed by atoms with Crippen LogP contribution in [0, 0.1) is 0 Å². The van der Waals surface area contributed by atoms with Crippen molar-refractivity contribution in [2.75, 3.05) is 0 Å². The highest BCUT2D eigenvalue weighted by atomic mass is 16.4. The fourth-order valence-electron chi connectivity index (χ4n) is 3.22. The van der Waals surface area contributed by atoms with Crippen molar-refractivity contribution in [2.45, 2.75) is 84.0 Å². The van der Waals surface area contributed by atoms with E-state index in [1.165, 1.54) is 0 Å². The first-order chi connectivity index (χ1) is 9.36. The quantitative estimate of drug-likeness (QED) is 0.750. The molecule has 1 fully saturated rings. The Labute approximate surface area is 121 Å². The van der Waals surface area contributed by atoms with Crippen LogP contribution in [0.15, 0.2) is 0 Å². The Morgan fingerprint density at radius 1 is 1.30 bits per heavy atom. The first-order valence-corrected chi connectivity index (χ1v) is 7.66. The number of rotatable bonds is 7. The lowest BCUT2D eigenvalue weighted by atomic mass is 10.1. The fourth-order valence-corrected chi connectivity index (χ4v) is 3.22. The molecule has 1 rings (SSSR count). The van der Waals surface area contributed by atoms with Crippen molar-refractivity contribution in [3.8, 4) is 0 Å². The van der Waals surface area contributed by atoms with Crippen molar-refractivity contribution in [1.29, 1.82) is 0 Å². The molecule has 1 aliphatic heterocycles. The Bertz CT molecular complexity index is 336. The summed E-state index contributed by atoms with van der Waals surface area (Å²) < 4.78 is 0. The minimum atomic E-state index is -0.862. The smallest absolute Gasteiger partial charge is 0.305 e. The molecule has 5 heteroatoms. The van der Waals surface area contributed by atoms with Gasteiger partial charge in [0.05, 0.1) is 12.5 Å². The maximum atomic E-state index is 12.3. The molecule has 20 heavy (non-hydrogen) atoms. The Kier molecular flexibility index (Phi) is 6.46. The van der Waals surface area contributed by atoms with E-state index < -0.39 is 5.97 Å². The number of nitrogens with zero attached hydrogens (tertiary/aromatic N) is 1. The van der Waals surface area contributed by atoms with E-state index in [1.807, 2.05) is 13.8 Å². The number of carboxylic acids is 1. The van der Waals surface area contributed by atoms with Crippen molar-refractivity contribution >= 4 is 11.9 Å². The number of aliphatic carboxylic acids is 1. The summed E-state index contributed by atoms with van der Waals surface area (Å²) in [4.78, 5) is 25.4. The lowest BCUT2D eigenvalue weighted by molar-refractivity contribution is -0.138. The van der Waals surface area contributed by atoms with E-state index in [4.69, 9.17) is 5.11 Å². The molecule has 0 aliphatic carbocycles. The van der Waals surface area contributed by atoms with Crippen LogP contribution >= 0.6 is 0 Å². The van der Waals surface area contributed by atoms with Gasteiger partial charge in [0.15, 0.2) is 0 Å². The van der Waals surface area contributed by atoms with Gasteiger partial charge in [0, 0.05) is 18.1 Å². The molecule has 4 atom stereocenters. The first kappa shape index (κ1) is 17.0. The number of nitrogens with one attached hydrogen (secondary N) is 1. The van der Waals surface area contributed by atoms with Crippen LogP contribution in [-0.2, 0) is 9.59 Å². The molecular weight excluding hydrogens is 256 g/mol. The molecule has 0 radical (unpaired) electrons. The monoisotopic (exact) mass is 284 g/mol. The van der Waals surface area contributed by atoms with Gasteiger partial charge in [-0.1, -0.05) is 13.3 Å². The lowest BCUT2D eigenvalue weighted by Gasteiger charge is -2.32. The predicted molar refractivity (Wildman–Crippen MR) is 78.6 cm³/mol. The number of likely N-dealkylation sites (tertiary alicyclic amines) is 1. The SMILES string of the molecule is CCCC(CC(=O)O)NC(=O)C(C)N1C(C)CCC1C. The van der Waals surface area contributed by atoms with Crippen LogP contribution in [0.3, 0.4) is 0 Å². The van der Waals surface area contributed by atoms with E-state index in [0.29, 0.717) is 18.5 Å². The van der Waals surface area contributed by atoms with Crippen molar-refractivity contribution in [3.63, 3.8) is 0 Å². The highest BCUT2D eigenvalue weighted by Crippen LogP contribution is 2.26. The maximum absolute atomic E-state index is 12.3. The van der Waals surface area contributed by atoms with Crippen LogP contribution in [0.2, 0.25) is 0 Å². The van der Waals surface area contributed by atoms with Crippen LogP contribution in [0.25, 0.3) is 0 Å². The van der Waals surface area contributed by atoms with E-state index in [0.717, 1.165) is 19.3 Å². The van der Waals surface area contributed by atoms with Gasteiger partial charge >= 0.3 is 5.97 Å². The molecule has 1 aliphatic rings. The van der Waals surface area contributed by atoms with E-state index in [-0.39, 0.29) is 24.4 Å². The van der Waals surface area contributed by atoms with Gasteiger partial charge in [0.2, 0.25) is 5.91 Å². The summed E-state index contributed by atoms with van der Waals surface area (Å²) in [6.07, 6.45) is 3.80. The van der Waals surface area contributed by atoms with Crippen molar-refractivity contribution in [3.05, 3.63) is 0 Å². The van der Waals surface area contributed by atoms with Gasteiger partial charge in [0.25, 0.3) is 0 Å². The zero-order valence-corrected chi connectivity index (χ0v) is 13.1. The summed E-state index contributed by atoms with van der Waals surface area (Å²) in [7, 11) is 0. The third kappa shape index (κ3) is 4.47. The Hall–Kier alpha value is -1.10. The average Bonchev–Trinajstić information content (AvgIpc) is 2.67. The van der Waals surface area contributed by atoms with Crippen LogP contribution < -0.4 is 5.32 Å². The molecule has 1 saturated heterocycles. The zero-order valence-electron chi connectivity index (χ0n) is 13.1. The molecule has 0 bridgehead atoms. The van der Waals surface area contributed by atoms with Gasteiger partial charge in [-0.25, -0.2) is 0 Å². The second-order valence-corrected chi connectivity index (χ2v) is 5.99. The summed E-state index contributed by atoms with van der Waals surface area (Å²) in [5, 5.41) is 11.8. The van der Waals surface area contributed by atoms with Crippen LogP contribution in [0.4, 0.5) is 0 Å². The molecule has 2 N–H and O–H groups in total. The third-order valence-corrected chi connectivity index (χ3v) is 4.25. The molecule has 0 aromatic rings. The normalized spacial score (nSPS) is 26.2. The second-order valence-electron chi connectivity index (χ2n) is 5.99. The summed E-state index contributed by atoms with van der Waals surface area (Å²) in [5.74, 6) is -0.912. The number of carbonyl (C=O) groups is 2. The maximum Gasteiger partial charge on any atom is 0.305 e. The van der Waals surface area contributed by atoms with Crippen LogP contribution in [0.5, 0.6) is 0 Å². The highest BCUT2D eigenvalue weighted by molar-refractivity contribution is 5.82. The molecule has 5 nitrogen and oxygen atoms in total. The van der Waals surface area contributed by atoms with E-state index in [2.05, 4.69) is 24.1 Å². The number of carboxylic acid groups (broad SMARTS) is 1. The largest absolute Gasteiger partial charge is 0.481 e. The second kappa shape index (κ2) is 7.62. The number of hydrogen-bond donors (Lipinski definition) is 2. The minimum Gasteiger partial charge on any atom is -0.481 e. The highest BCUT2D eigenvalue weighted by Gasteiger charge is 2.34. The van der Waals surface area contributed by atoms with Gasteiger partial charge in [0.1, 0.15) is 0 Å². The van der Waals surface area contributed by atoms with Gasteiger partial charge in [-0.05, 0) is 40.0 Å². The zero-order chi connectivity index (χ0) is 15.3. The summed E-state index contributed by atoms with van der Waals surface area (Å²) in [6.45, 7) is 8.20. The molecular formula is C15H28N2O3. The van der Waals surface area contributed by atoms with Crippen molar-refractivity contribution in [1.82, 2.24) is 10.2 Å². The topological polar surface area (TPSA) is 69.6 Å². The van der Waals surface area contributed by atoms with Crippen molar-refractivity contribution in [2.24, 2.45) is 0 Å². The molecule has 0 aromatic heterocycles. The summed E-state index contributed by atoms with van der Waals surface area (Å²) in [5.41, 5.74) is 0. The minimum absolute atomic E-state index is 0.00257. The first-order valence-electron chi connectivity index (χ1n) is 7.66. The van der Waals surface area contributed by atoms with Gasteiger partial charge < -0.3 is 10.4 Å². The number of carbonyl (C=O) groups excluding carboxylic acids is 1. The van der Waals surface area contributed by atoms with Crippen molar-refractivity contribution < 1.29 is 14.7 Å². The Balaban J connectivity index is 2.60. The average molecular weight is 284 g/mol. The molecule has 4 unspecified atom stereocenters. The molecule has 0 aromatic carbocycles. The molecule has 0 saturated carbocycles. The fraction of sp³-hybridized carbons (Fsp3) is 0.867. The van der Waals surface area contributed by atoms with Crippen LogP contribution in [0.1, 0.15) is 59.8 Å².